The summed E-state index contributed by atoms with van der Waals surface area (Å²) in [5.74, 6) is 0.0821. The smallest absolute Gasteiger partial charge is 0.330 e. The molecular weight excluding hydrogens is 314 g/mol. The fourth-order valence-electron chi connectivity index (χ4n) is 2.27. The average Bonchev–Trinajstić information content (AvgIpc) is 2.90. The molecular formula is C15H23N5O4. The van der Waals surface area contributed by atoms with Crippen LogP contribution in [0.4, 0.5) is 5.82 Å². The first-order valence-corrected chi connectivity index (χ1v) is 7.66. The van der Waals surface area contributed by atoms with E-state index in [1.807, 2.05) is 13.8 Å². The average molecular weight is 337 g/mol. The number of esters is 1. The molecule has 0 saturated heterocycles. The lowest BCUT2D eigenvalue weighted by atomic mass is 10.1. The van der Waals surface area contributed by atoms with Gasteiger partial charge in [-0.25, -0.2) is 14.8 Å². The minimum atomic E-state index is -1.08. The first-order chi connectivity index (χ1) is 11.4. The minimum Gasteiger partial charge on any atom is -0.462 e. The number of carbonyl (C=O) groups excluding carboxylic acids is 1. The first-order valence-electron chi connectivity index (χ1n) is 7.66. The van der Waals surface area contributed by atoms with Crippen molar-refractivity contribution in [2.45, 2.75) is 33.0 Å². The largest absolute Gasteiger partial charge is 0.462 e. The maximum atomic E-state index is 11.5. The van der Waals surface area contributed by atoms with Crippen LogP contribution in [0, 0.1) is 5.92 Å². The number of ether oxygens (including phenoxy) is 1. The Morgan fingerprint density at radius 2 is 2.33 bits per heavy atom. The Morgan fingerprint density at radius 1 is 1.58 bits per heavy atom. The highest BCUT2D eigenvalue weighted by molar-refractivity contribution is 5.93. The van der Waals surface area contributed by atoms with Crippen LogP contribution in [-0.4, -0.2) is 44.9 Å². The standard InChI is InChI=1S/C15H23N5O4/c1-9(2)5-11(22)24-7-10(6-21)3-4-20-8-17-12-13(20)18-15(16)19-14(12)23/h5,8,10,14,21,23H,3-4,6-7H2,1-2H3,(H3,16,18,19). The lowest BCUT2D eigenvalue weighted by Gasteiger charge is -2.19. The Balaban J connectivity index is 1.91. The fraction of sp³-hybridized carbons (Fsp3) is 0.533. The number of aliphatic hydroxyl groups is 2. The van der Waals surface area contributed by atoms with Crippen LogP contribution in [0.25, 0.3) is 0 Å². The highest BCUT2D eigenvalue weighted by atomic mass is 16.5. The summed E-state index contributed by atoms with van der Waals surface area (Å²) in [6.45, 7) is 4.17. The Kier molecular flexibility index (Phi) is 5.93. The molecule has 132 valence electrons. The van der Waals surface area contributed by atoms with E-state index in [9.17, 15) is 15.0 Å². The number of aryl methyl sites for hydroxylation is 1. The number of rotatable bonds is 7. The van der Waals surface area contributed by atoms with Gasteiger partial charge in [0.1, 0.15) is 11.5 Å². The molecule has 2 unspecified atom stereocenters. The number of carbonyl (C=O) groups is 1. The van der Waals surface area contributed by atoms with E-state index in [4.69, 9.17) is 10.5 Å². The van der Waals surface area contributed by atoms with Crippen LogP contribution >= 0.6 is 0 Å². The van der Waals surface area contributed by atoms with Crippen LogP contribution in [-0.2, 0) is 16.1 Å². The number of nitrogens with two attached hydrogens (primary N) is 1. The third kappa shape index (κ3) is 4.56. The van der Waals surface area contributed by atoms with Crippen molar-refractivity contribution in [2.24, 2.45) is 16.6 Å². The quantitative estimate of drug-likeness (QED) is 0.410. The van der Waals surface area contributed by atoms with Gasteiger partial charge in [0.05, 0.1) is 12.9 Å². The first kappa shape index (κ1) is 18.0. The molecule has 2 rings (SSSR count). The van der Waals surface area contributed by atoms with E-state index in [0.29, 0.717) is 24.5 Å². The molecule has 1 aromatic heterocycles. The molecule has 9 heteroatoms. The molecule has 1 aliphatic heterocycles. The topological polar surface area (TPSA) is 135 Å². The highest BCUT2D eigenvalue weighted by Crippen LogP contribution is 2.26. The van der Waals surface area contributed by atoms with Crippen LogP contribution in [0.1, 0.15) is 32.2 Å². The van der Waals surface area contributed by atoms with Crippen LogP contribution in [0.5, 0.6) is 0 Å². The summed E-state index contributed by atoms with van der Waals surface area (Å²) < 4.78 is 6.91. The van der Waals surface area contributed by atoms with Gasteiger partial charge in [0.15, 0.2) is 12.2 Å². The summed E-state index contributed by atoms with van der Waals surface area (Å²) in [4.78, 5) is 19.4. The highest BCUT2D eigenvalue weighted by Gasteiger charge is 2.23. The van der Waals surface area contributed by atoms with Crippen LogP contribution in [0.15, 0.2) is 23.0 Å². The molecule has 2 heterocycles. The lowest BCUT2D eigenvalue weighted by molar-refractivity contribution is -0.139. The van der Waals surface area contributed by atoms with Crippen LogP contribution in [0.2, 0.25) is 0 Å². The molecule has 0 amide bonds. The zero-order chi connectivity index (χ0) is 17.7. The number of guanidine groups is 1. The molecule has 0 saturated carbocycles. The van der Waals surface area contributed by atoms with Crippen molar-refractivity contribution in [1.29, 1.82) is 0 Å². The van der Waals surface area contributed by atoms with E-state index >= 15 is 0 Å². The van der Waals surface area contributed by atoms with Gasteiger partial charge in [0, 0.05) is 25.1 Å². The molecule has 1 aliphatic rings. The van der Waals surface area contributed by atoms with Gasteiger partial charge >= 0.3 is 5.97 Å². The van der Waals surface area contributed by atoms with Crippen molar-refractivity contribution in [1.82, 2.24) is 9.55 Å². The molecule has 0 spiro atoms. The van der Waals surface area contributed by atoms with Gasteiger partial charge in [-0.1, -0.05) is 5.57 Å². The number of aliphatic imine (C=N–C) groups is 1. The Labute approximate surface area is 139 Å². The molecule has 24 heavy (non-hydrogen) atoms. The van der Waals surface area contributed by atoms with Gasteiger partial charge in [0.25, 0.3) is 0 Å². The summed E-state index contributed by atoms with van der Waals surface area (Å²) in [5, 5.41) is 22.1. The summed E-state index contributed by atoms with van der Waals surface area (Å²) in [5.41, 5.74) is 6.86. The van der Waals surface area contributed by atoms with Gasteiger partial charge in [-0.2, -0.15) is 0 Å². The molecule has 0 bridgehead atoms. The van der Waals surface area contributed by atoms with Crippen molar-refractivity contribution in [3.63, 3.8) is 0 Å². The summed E-state index contributed by atoms with van der Waals surface area (Å²) in [7, 11) is 0. The lowest BCUT2D eigenvalue weighted by Crippen LogP contribution is -2.29. The monoisotopic (exact) mass is 337 g/mol. The predicted octanol–water partition coefficient (Wildman–Crippen LogP) is 0.122. The van der Waals surface area contributed by atoms with Crippen LogP contribution < -0.4 is 11.1 Å². The number of aliphatic hydroxyl groups excluding tert-OH is 2. The number of fused-ring (bicyclic) bond motifs is 1. The summed E-state index contributed by atoms with van der Waals surface area (Å²) >= 11 is 0. The van der Waals surface area contributed by atoms with Gasteiger partial charge in [-0.3, -0.25) is 0 Å². The van der Waals surface area contributed by atoms with Crippen LogP contribution in [0.3, 0.4) is 0 Å². The van der Waals surface area contributed by atoms with E-state index in [-0.39, 0.29) is 25.1 Å². The van der Waals surface area contributed by atoms with Crippen molar-refractivity contribution < 1.29 is 19.7 Å². The third-order valence-corrected chi connectivity index (χ3v) is 3.52. The minimum absolute atomic E-state index is 0.0986. The number of hydrogen-bond donors (Lipinski definition) is 4. The van der Waals surface area contributed by atoms with Gasteiger partial charge in [-0.05, 0) is 20.3 Å². The molecule has 1 aromatic rings. The molecule has 0 radical (unpaired) electrons. The van der Waals surface area contributed by atoms with E-state index in [0.717, 1.165) is 5.57 Å². The zero-order valence-corrected chi connectivity index (χ0v) is 13.8. The molecule has 0 aromatic carbocycles. The van der Waals surface area contributed by atoms with E-state index < -0.39 is 12.2 Å². The van der Waals surface area contributed by atoms with E-state index in [1.165, 1.54) is 6.08 Å². The van der Waals surface area contributed by atoms with E-state index in [2.05, 4.69) is 15.3 Å². The Hall–Kier alpha value is -2.39. The van der Waals surface area contributed by atoms with Gasteiger partial charge in [0.2, 0.25) is 0 Å². The maximum Gasteiger partial charge on any atom is 0.330 e. The van der Waals surface area contributed by atoms with Crippen molar-refractivity contribution in [2.75, 3.05) is 18.5 Å². The Morgan fingerprint density at radius 3 is 3.00 bits per heavy atom. The number of aromatic nitrogens is 2. The zero-order valence-electron chi connectivity index (χ0n) is 13.8. The molecule has 9 nitrogen and oxygen atoms in total. The number of anilines is 1. The van der Waals surface area contributed by atoms with Gasteiger partial charge < -0.3 is 30.6 Å². The van der Waals surface area contributed by atoms with Crippen molar-refractivity contribution in [3.8, 4) is 0 Å². The summed E-state index contributed by atoms with van der Waals surface area (Å²) in [6, 6.07) is 0. The molecule has 0 aliphatic carbocycles. The molecule has 0 fully saturated rings. The Bertz CT molecular complexity index is 648. The van der Waals surface area contributed by atoms with Crippen molar-refractivity contribution >= 4 is 17.7 Å². The number of nitrogens with zero attached hydrogens (tertiary/aromatic N) is 3. The summed E-state index contributed by atoms with van der Waals surface area (Å²) in [6.07, 6.45) is 2.46. The third-order valence-electron chi connectivity index (χ3n) is 3.52. The van der Waals surface area contributed by atoms with Gasteiger partial charge in [-0.15, -0.1) is 0 Å². The van der Waals surface area contributed by atoms with E-state index in [1.54, 1.807) is 10.9 Å². The fourth-order valence-corrected chi connectivity index (χ4v) is 2.27. The second kappa shape index (κ2) is 7.93. The number of hydrogen-bond acceptors (Lipinski definition) is 8. The van der Waals surface area contributed by atoms with Crippen molar-refractivity contribution in [3.05, 3.63) is 23.7 Å². The normalized spacial score (nSPS) is 17.3. The second-order valence-corrected chi connectivity index (χ2v) is 5.87. The number of imidazole rings is 1. The SMILES string of the molecule is CC(C)=CC(=O)OCC(CO)CCn1cnc2c1NC(N)=NC2O. The maximum absolute atomic E-state index is 11.5. The number of nitrogens with one attached hydrogen (secondary N) is 1. The molecule has 2 atom stereocenters. The number of allylic oxidation sites excluding steroid dienone is 1. The second-order valence-electron chi connectivity index (χ2n) is 5.87. The molecule has 5 N–H and O–H groups in total. The predicted molar refractivity (Wildman–Crippen MR) is 88.0 cm³/mol.